The zero-order chi connectivity index (χ0) is 14.0. The molecule has 102 valence electrons. The summed E-state index contributed by atoms with van der Waals surface area (Å²) in [7, 11) is 0. The molecule has 0 amide bonds. The monoisotopic (exact) mass is 322 g/mol. The van der Waals surface area contributed by atoms with Gasteiger partial charge in [-0.15, -0.1) is 5.10 Å². The van der Waals surface area contributed by atoms with Crippen molar-refractivity contribution in [2.24, 2.45) is 5.73 Å². The third kappa shape index (κ3) is 2.72. The van der Waals surface area contributed by atoms with E-state index in [0.717, 1.165) is 34.4 Å². The van der Waals surface area contributed by atoms with Gasteiger partial charge in [-0.2, -0.15) is 0 Å². The zero-order valence-electron chi connectivity index (χ0n) is 11.5. The molecule has 19 heavy (non-hydrogen) atoms. The molecule has 0 aliphatic carbocycles. The molecule has 0 aliphatic heterocycles. The second-order valence-electron chi connectivity index (χ2n) is 4.66. The number of rotatable bonds is 4. The van der Waals surface area contributed by atoms with Crippen LogP contribution in [-0.4, -0.2) is 15.0 Å². The molecule has 0 saturated heterocycles. The van der Waals surface area contributed by atoms with Crippen LogP contribution in [0, 0.1) is 6.92 Å². The van der Waals surface area contributed by atoms with Crippen LogP contribution in [0.5, 0.6) is 0 Å². The van der Waals surface area contributed by atoms with Crippen LogP contribution >= 0.6 is 15.9 Å². The topological polar surface area (TPSA) is 56.7 Å². The maximum atomic E-state index is 6.10. The summed E-state index contributed by atoms with van der Waals surface area (Å²) < 4.78 is 2.90. The molecule has 2 rings (SSSR count). The summed E-state index contributed by atoms with van der Waals surface area (Å²) in [5.74, 6) is 0. The molecule has 1 unspecified atom stereocenters. The highest BCUT2D eigenvalue weighted by Gasteiger charge is 2.18. The normalized spacial score (nSPS) is 12.7. The maximum absolute atomic E-state index is 6.10. The Hall–Kier alpha value is -1.20. The predicted octanol–water partition coefficient (Wildman–Crippen LogP) is 3.31. The van der Waals surface area contributed by atoms with E-state index in [1.807, 2.05) is 4.68 Å². The number of aromatic nitrogens is 3. The Morgan fingerprint density at radius 1 is 1.37 bits per heavy atom. The van der Waals surface area contributed by atoms with Gasteiger partial charge >= 0.3 is 0 Å². The number of aryl methyl sites for hydroxylation is 1. The van der Waals surface area contributed by atoms with Gasteiger partial charge in [0.2, 0.25) is 0 Å². The van der Waals surface area contributed by atoms with Crippen molar-refractivity contribution in [1.29, 1.82) is 0 Å². The molecule has 1 heterocycles. The Bertz CT molecular complexity index is 577. The minimum Gasteiger partial charge on any atom is -0.323 e. The van der Waals surface area contributed by atoms with Crippen molar-refractivity contribution in [2.45, 2.75) is 39.7 Å². The first-order chi connectivity index (χ1) is 9.08. The Morgan fingerprint density at radius 3 is 2.68 bits per heavy atom. The van der Waals surface area contributed by atoms with E-state index in [0.29, 0.717) is 0 Å². The lowest BCUT2D eigenvalue weighted by atomic mass is 10.1. The summed E-state index contributed by atoms with van der Waals surface area (Å²) in [6.45, 7) is 6.23. The highest BCUT2D eigenvalue weighted by molar-refractivity contribution is 9.10. The van der Waals surface area contributed by atoms with Gasteiger partial charge in [0, 0.05) is 4.47 Å². The van der Waals surface area contributed by atoms with Gasteiger partial charge in [0.05, 0.1) is 17.4 Å². The lowest BCUT2D eigenvalue weighted by molar-refractivity contribution is 0.665. The standard InChI is InChI=1S/C14H19BrN4/c1-4-11(16)14-12(5-2)19(18-17-14)13-7-6-9(3)8-10(13)15/h6-8,11H,4-5,16H2,1-3H3. The summed E-state index contributed by atoms with van der Waals surface area (Å²) >= 11 is 3.59. The van der Waals surface area contributed by atoms with Crippen LogP contribution in [0.15, 0.2) is 22.7 Å². The van der Waals surface area contributed by atoms with Crippen molar-refractivity contribution in [3.05, 3.63) is 39.6 Å². The van der Waals surface area contributed by atoms with Crippen molar-refractivity contribution in [3.63, 3.8) is 0 Å². The van der Waals surface area contributed by atoms with Gasteiger partial charge in [0.1, 0.15) is 5.69 Å². The molecule has 5 heteroatoms. The summed E-state index contributed by atoms with van der Waals surface area (Å²) in [6.07, 6.45) is 1.72. The fourth-order valence-corrected chi connectivity index (χ4v) is 2.76. The Kier molecular flexibility index (Phi) is 4.37. The number of benzene rings is 1. The summed E-state index contributed by atoms with van der Waals surface area (Å²) in [5, 5.41) is 8.54. The van der Waals surface area contributed by atoms with Crippen molar-refractivity contribution < 1.29 is 0 Å². The summed E-state index contributed by atoms with van der Waals surface area (Å²) in [4.78, 5) is 0. The number of nitrogens with zero attached hydrogens (tertiary/aromatic N) is 3. The van der Waals surface area contributed by atoms with E-state index >= 15 is 0 Å². The first-order valence-electron chi connectivity index (χ1n) is 6.55. The SMILES string of the molecule is CCc1c(C(N)CC)nnn1-c1ccc(C)cc1Br. The van der Waals surface area contributed by atoms with Crippen molar-refractivity contribution in [1.82, 2.24) is 15.0 Å². The van der Waals surface area contributed by atoms with Gasteiger partial charge < -0.3 is 5.73 Å². The molecule has 2 N–H and O–H groups in total. The zero-order valence-corrected chi connectivity index (χ0v) is 13.1. The van der Waals surface area contributed by atoms with Crippen LogP contribution in [0.25, 0.3) is 5.69 Å². The third-order valence-corrected chi connectivity index (χ3v) is 3.89. The Balaban J connectivity index is 2.53. The second kappa shape index (κ2) is 5.84. The average Bonchev–Trinajstić information content (AvgIpc) is 2.81. The number of nitrogens with two attached hydrogens (primary N) is 1. The molecule has 0 fully saturated rings. The van der Waals surface area contributed by atoms with Crippen molar-refractivity contribution in [3.8, 4) is 5.69 Å². The van der Waals surface area contributed by atoms with E-state index in [-0.39, 0.29) is 6.04 Å². The largest absolute Gasteiger partial charge is 0.323 e. The lowest BCUT2D eigenvalue weighted by Crippen LogP contribution is -2.12. The Labute approximate surface area is 122 Å². The van der Waals surface area contributed by atoms with E-state index in [1.54, 1.807) is 0 Å². The van der Waals surface area contributed by atoms with Crippen LogP contribution in [0.4, 0.5) is 0 Å². The molecular weight excluding hydrogens is 304 g/mol. The van der Waals surface area contributed by atoms with Crippen molar-refractivity contribution in [2.75, 3.05) is 0 Å². The molecule has 0 radical (unpaired) electrons. The van der Waals surface area contributed by atoms with Crippen LogP contribution in [0.1, 0.15) is 43.3 Å². The molecule has 4 nitrogen and oxygen atoms in total. The number of halogens is 1. The third-order valence-electron chi connectivity index (χ3n) is 3.25. The van der Waals surface area contributed by atoms with Crippen molar-refractivity contribution >= 4 is 15.9 Å². The van der Waals surface area contributed by atoms with E-state index in [2.05, 4.69) is 65.2 Å². The average molecular weight is 323 g/mol. The highest BCUT2D eigenvalue weighted by Crippen LogP contribution is 2.25. The van der Waals surface area contributed by atoms with Crippen LogP contribution in [0.2, 0.25) is 0 Å². The van der Waals surface area contributed by atoms with Gasteiger partial charge in [-0.05, 0) is 53.4 Å². The Morgan fingerprint density at radius 2 is 2.11 bits per heavy atom. The highest BCUT2D eigenvalue weighted by atomic mass is 79.9. The molecule has 2 aromatic rings. The minimum absolute atomic E-state index is 0.0482. The van der Waals surface area contributed by atoms with Gasteiger partial charge in [-0.1, -0.05) is 25.1 Å². The quantitative estimate of drug-likeness (QED) is 0.939. The fourth-order valence-electron chi connectivity index (χ4n) is 2.10. The molecular formula is C14H19BrN4. The van der Waals surface area contributed by atoms with E-state index in [1.165, 1.54) is 5.56 Å². The first kappa shape index (κ1) is 14.2. The number of hydrogen-bond acceptors (Lipinski definition) is 3. The smallest absolute Gasteiger partial charge is 0.103 e. The summed E-state index contributed by atoms with van der Waals surface area (Å²) in [6, 6.07) is 6.15. The molecule has 0 spiro atoms. The van der Waals surface area contributed by atoms with Gasteiger partial charge in [-0.25, -0.2) is 4.68 Å². The summed E-state index contributed by atoms with van der Waals surface area (Å²) in [5.41, 5.74) is 10.3. The second-order valence-corrected chi connectivity index (χ2v) is 5.51. The number of hydrogen-bond donors (Lipinski definition) is 1. The lowest BCUT2D eigenvalue weighted by Gasteiger charge is -2.11. The predicted molar refractivity (Wildman–Crippen MR) is 80.4 cm³/mol. The van der Waals surface area contributed by atoms with E-state index in [4.69, 9.17) is 5.73 Å². The van der Waals surface area contributed by atoms with Crippen LogP contribution in [0.3, 0.4) is 0 Å². The molecule has 1 aromatic heterocycles. The molecule has 0 bridgehead atoms. The molecule has 0 aliphatic rings. The van der Waals surface area contributed by atoms with Crippen LogP contribution in [-0.2, 0) is 6.42 Å². The molecule has 1 atom stereocenters. The molecule has 0 saturated carbocycles. The van der Waals surface area contributed by atoms with Crippen LogP contribution < -0.4 is 5.73 Å². The van der Waals surface area contributed by atoms with Gasteiger partial charge in [0.25, 0.3) is 0 Å². The fraction of sp³-hybridized carbons (Fsp3) is 0.429. The van der Waals surface area contributed by atoms with E-state index in [9.17, 15) is 0 Å². The maximum Gasteiger partial charge on any atom is 0.103 e. The molecule has 1 aromatic carbocycles. The van der Waals surface area contributed by atoms with E-state index < -0.39 is 0 Å². The minimum atomic E-state index is -0.0482. The van der Waals surface area contributed by atoms with Gasteiger partial charge in [0.15, 0.2) is 0 Å². The first-order valence-corrected chi connectivity index (χ1v) is 7.34. The van der Waals surface area contributed by atoms with Gasteiger partial charge in [-0.3, -0.25) is 0 Å².